The zero-order valence-electron chi connectivity index (χ0n) is 30.6. The van der Waals surface area contributed by atoms with E-state index in [9.17, 15) is 0 Å². The molecule has 1 aromatic heterocycles. The smallest absolute Gasteiger partial charge is 0.136 e. The average Bonchev–Trinajstić information content (AvgIpc) is 3.75. The van der Waals surface area contributed by atoms with E-state index in [4.69, 9.17) is 9.41 Å². The van der Waals surface area contributed by atoms with Gasteiger partial charge in [-0.1, -0.05) is 159 Å². The van der Waals surface area contributed by atoms with Gasteiger partial charge in [-0.15, -0.1) is 0 Å². The molecule has 0 amide bonds. The maximum absolute atomic E-state index is 6.43. The fourth-order valence-electron chi connectivity index (χ4n) is 9.56. The second-order valence-corrected chi connectivity index (χ2v) is 15.5. The molecular formula is C52H40N2O. The first-order chi connectivity index (χ1) is 27.2. The van der Waals surface area contributed by atoms with Crippen LogP contribution in [0.3, 0.4) is 0 Å². The van der Waals surface area contributed by atoms with Crippen LogP contribution in [0.15, 0.2) is 179 Å². The lowest BCUT2D eigenvalue weighted by Gasteiger charge is -2.36. The maximum Gasteiger partial charge on any atom is 0.136 e. The molecule has 0 radical (unpaired) electrons. The van der Waals surface area contributed by atoms with Gasteiger partial charge in [-0.3, -0.25) is 0 Å². The molecule has 2 heterocycles. The molecule has 264 valence electrons. The van der Waals surface area contributed by atoms with Crippen LogP contribution >= 0.6 is 0 Å². The number of hydrogen-bond acceptors (Lipinski definition) is 3. The Morgan fingerprint density at radius 3 is 1.89 bits per heavy atom. The summed E-state index contributed by atoms with van der Waals surface area (Å²) in [6.07, 6.45) is 8.52. The largest absolute Gasteiger partial charge is 0.456 e. The number of furan rings is 1. The molecule has 1 saturated carbocycles. The van der Waals surface area contributed by atoms with E-state index in [0.29, 0.717) is 0 Å². The second-order valence-electron chi connectivity index (χ2n) is 15.5. The van der Waals surface area contributed by atoms with Crippen molar-refractivity contribution in [3.8, 4) is 33.4 Å². The van der Waals surface area contributed by atoms with Crippen molar-refractivity contribution in [3.63, 3.8) is 0 Å². The van der Waals surface area contributed by atoms with E-state index < -0.39 is 0 Å². The fourth-order valence-corrected chi connectivity index (χ4v) is 9.56. The van der Waals surface area contributed by atoms with Crippen LogP contribution in [0.2, 0.25) is 0 Å². The molecule has 8 aromatic rings. The van der Waals surface area contributed by atoms with Crippen LogP contribution in [0, 0.1) is 0 Å². The number of nitrogens with one attached hydrogen (secondary N) is 1. The van der Waals surface area contributed by atoms with Crippen molar-refractivity contribution in [2.24, 2.45) is 4.99 Å². The van der Waals surface area contributed by atoms with E-state index in [1.54, 1.807) is 0 Å². The van der Waals surface area contributed by atoms with Gasteiger partial charge in [-0.2, -0.15) is 0 Å². The third-order valence-electron chi connectivity index (χ3n) is 12.4. The zero-order chi connectivity index (χ0) is 36.3. The summed E-state index contributed by atoms with van der Waals surface area (Å²) >= 11 is 0. The molecule has 3 nitrogen and oxygen atoms in total. The summed E-state index contributed by atoms with van der Waals surface area (Å²) in [6, 6.07) is 59.3. The normalized spacial score (nSPS) is 17.1. The lowest BCUT2D eigenvalue weighted by molar-refractivity contribution is 0.353. The van der Waals surface area contributed by atoms with Crippen molar-refractivity contribution in [1.29, 1.82) is 0 Å². The minimum atomic E-state index is -0.0326. The van der Waals surface area contributed by atoms with E-state index in [1.807, 2.05) is 0 Å². The van der Waals surface area contributed by atoms with Crippen molar-refractivity contribution in [3.05, 3.63) is 198 Å². The Morgan fingerprint density at radius 2 is 1.11 bits per heavy atom. The lowest BCUT2D eigenvalue weighted by atomic mass is 9.67. The van der Waals surface area contributed by atoms with Gasteiger partial charge in [0, 0.05) is 21.8 Å². The number of amidine groups is 1. The van der Waals surface area contributed by atoms with Gasteiger partial charge in [-0.25, -0.2) is 4.99 Å². The number of nitrogens with zero attached hydrogens (tertiary/aromatic N) is 1. The molecule has 11 rings (SSSR count). The fraction of sp³-hybridized carbons (Fsp3) is 0.135. The van der Waals surface area contributed by atoms with Crippen LogP contribution in [0.4, 0.5) is 0 Å². The summed E-state index contributed by atoms with van der Waals surface area (Å²) < 4.78 is 6.43. The quantitative estimate of drug-likeness (QED) is 0.193. The molecular weight excluding hydrogens is 669 g/mol. The molecule has 2 aliphatic carbocycles. The van der Waals surface area contributed by atoms with E-state index in [2.05, 4.69) is 175 Å². The summed E-state index contributed by atoms with van der Waals surface area (Å²) in [7, 11) is 0. The van der Waals surface area contributed by atoms with Crippen LogP contribution in [-0.4, -0.2) is 5.84 Å². The SMILES string of the molecule is C1=C(c2ccccc2)N=C(c2ccc(-c3ccccc3)cc2)NC1c1ccc(-c2ccc3c(c2)-c2cc4oc5ccccc5c4cc2C32CCCCC2)cc1. The Morgan fingerprint density at radius 1 is 0.491 bits per heavy atom. The Labute approximate surface area is 321 Å². The van der Waals surface area contributed by atoms with Crippen molar-refractivity contribution < 1.29 is 4.42 Å². The van der Waals surface area contributed by atoms with Gasteiger partial charge in [0.15, 0.2) is 0 Å². The number of aliphatic imine (C=N–C) groups is 1. The summed E-state index contributed by atoms with van der Waals surface area (Å²) in [6.45, 7) is 0. The van der Waals surface area contributed by atoms with Gasteiger partial charge in [0.05, 0.1) is 11.7 Å². The molecule has 1 spiro atoms. The minimum Gasteiger partial charge on any atom is -0.456 e. The summed E-state index contributed by atoms with van der Waals surface area (Å²) in [5, 5.41) is 6.22. The highest BCUT2D eigenvalue weighted by molar-refractivity contribution is 6.08. The van der Waals surface area contributed by atoms with E-state index in [0.717, 1.165) is 33.8 Å². The molecule has 7 aromatic carbocycles. The highest BCUT2D eigenvalue weighted by Gasteiger charge is 2.44. The van der Waals surface area contributed by atoms with Crippen LogP contribution < -0.4 is 5.32 Å². The first-order valence-corrected chi connectivity index (χ1v) is 19.7. The number of fused-ring (bicyclic) bond motifs is 8. The third-order valence-corrected chi connectivity index (χ3v) is 12.4. The predicted octanol–water partition coefficient (Wildman–Crippen LogP) is 13.3. The monoisotopic (exact) mass is 708 g/mol. The molecule has 1 aliphatic heterocycles. The molecule has 1 atom stereocenters. The van der Waals surface area contributed by atoms with Crippen LogP contribution in [-0.2, 0) is 5.41 Å². The first-order valence-electron chi connectivity index (χ1n) is 19.7. The van der Waals surface area contributed by atoms with Gasteiger partial charge < -0.3 is 9.73 Å². The van der Waals surface area contributed by atoms with Crippen LogP contribution in [0.5, 0.6) is 0 Å². The summed E-state index contributed by atoms with van der Waals surface area (Å²) in [5.74, 6) is 0.877. The molecule has 3 aliphatic rings. The minimum absolute atomic E-state index is 0.0326. The Kier molecular flexibility index (Phi) is 7.48. The third kappa shape index (κ3) is 5.37. The molecule has 0 bridgehead atoms. The lowest BCUT2D eigenvalue weighted by Crippen LogP contribution is -2.31. The van der Waals surface area contributed by atoms with E-state index >= 15 is 0 Å². The van der Waals surface area contributed by atoms with Gasteiger partial charge in [0.2, 0.25) is 0 Å². The number of para-hydroxylation sites is 1. The maximum atomic E-state index is 6.43. The average molecular weight is 709 g/mol. The number of benzene rings is 7. The first kappa shape index (κ1) is 32.0. The summed E-state index contributed by atoms with van der Waals surface area (Å²) in [5.41, 5.74) is 16.9. The number of hydrogen-bond donors (Lipinski definition) is 1. The molecule has 1 unspecified atom stereocenters. The molecule has 0 saturated heterocycles. The van der Waals surface area contributed by atoms with E-state index in [1.165, 1.54) is 92.9 Å². The Bertz CT molecular complexity index is 2790. The molecule has 1 fully saturated rings. The highest BCUT2D eigenvalue weighted by atomic mass is 16.3. The standard InChI is InChI=1S/C52H40N2O/c1-4-12-34(13-5-1)35-20-24-39(25-21-35)51-53-47(37-14-6-2-7-15-37)33-48(54-51)38-22-18-36(19-23-38)40-26-27-45-42(30-40)43-32-50-44(41-16-8-9-17-49(41)55-50)31-46(43)52(45)28-10-3-11-29-52/h1-2,4-9,12-27,30-33,48H,3,10-11,28-29H2,(H,53,54). The van der Waals surface area contributed by atoms with Gasteiger partial charge in [0.1, 0.15) is 17.0 Å². The second kappa shape index (κ2) is 12.8. The van der Waals surface area contributed by atoms with Gasteiger partial charge in [0.25, 0.3) is 0 Å². The molecule has 55 heavy (non-hydrogen) atoms. The Hall–Kier alpha value is -6.45. The van der Waals surface area contributed by atoms with Crippen molar-refractivity contribution in [1.82, 2.24) is 5.32 Å². The van der Waals surface area contributed by atoms with Crippen LogP contribution in [0.1, 0.15) is 66.0 Å². The van der Waals surface area contributed by atoms with Crippen molar-refractivity contribution >= 4 is 33.5 Å². The van der Waals surface area contributed by atoms with Crippen LogP contribution in [0.25, 0.3) is 61.0 Å². The van der Waals surface area contributed by atoms with Crippen molar-refractivity contribution in [2.45, 2.75) is 43.6 Å². The van der Waals surface area contributed by atoms with Gasteiger partial charge >= 0.3 is 0 Å². The number of rotatable bonds is 5. The van der Waals surface area contributed by atoms with Gasteiger partial charge in [-0.05, 0) is 98.8 Å². The van der Waals surface area contributed by atoms with Crippen molar-refractivity contribution in [2.75, 3.05) is 0 Å². The Balaban J connectivity index is 0.940. The summed E-state index contributed by atoms with van der Waals surface area (Å²) in [4.78, 5) is 5.14. The zero-order valence-corrected chi connectivity index (χ0v) is 30.6. The topological polar surface area (TPSA) is 37.5 Å². The predicted molar refractivity (Wildman–Crippen MR) is 227 cm³/mol. The van der Waals surface area contributed by atoms with E-state index in [-0.39, 0.29) is 11.5 Å². The molecule has 1 N–H and O–H groups in total. The molecule has 3 heteroatoms. The highest BCUT2D eigenvalue weighted by Crippen LogP contribution is 2.57.